The van der Waals surface area contributed by atoms with Gasteiger partial charge < -0.3 is 19.9 Å². The topological polar surface area (TPSA) is 50.7 Å². The number of aliphatic hydroxyl groups is 1. The average molecular weight is 251 g/mol. The maximum Gasteiger partial charge on any atom is 0.165 e. The summed E-state index contributed by atoms with van der Waals surface area (Å²) in [5, 5.41) is 12.6. The summed E-state index contributed by atoms with van der Waals surface area (Å²) in [4.78, 5) is 0. The molecule has 0 saturated heterocycles. The minimum Gasteiger partial charge on any atom is -0.493 e. The van der Waals surface area contributed by atoms with Crippen LogP contribution in [-0.2, 0) is 6.54 Å². The number of hydrogen-bond donors (Lipinski definition) is 2. The molecule has 100 valence electrons. The smallest absolute Gasteiger partial charge is 0.165 e. The van der Waals surface area contributed by atoms with Crippen molar-refractivity contribution >= 4 is 0 Å². The monoisotopic (exact) mass is 251 g/mol. The van der Waals surface area contributed by atoms with E-state index in [2.05, 4.69) is 5.32 Å². The van der Waals surface area contributed by atoms with Gasteiger partial charge in [0.15, 0.2) is 11.5 Å². The molecule has 18 heavy (non-hydrogen) atoms. The fraction of sp³-hybridized carbons (Fsp3) is 0.571. The molecule has 1 aromatic rings. The van der Waals surface area contributed by atoms with Gasteiger partial charge in [-0.1, -0.05) is 12.1 Å². The van der Waals surface area contributed by atoms with Crippen LogP contribution in [0.2, 0.25) is 0 Å². The highest BCUT2D eigenvalue weighted by atomic mass is 16.5. The lowest BCUT2D eigenvalue weighted by Gasteiger charge is -2.15. The van der Waals surface area contributed by atoms with Gasteiger partial charge in [-0.05, 0) is 18.9 Å². The van der Waals surface area contributed by atoms with Crippen LogP contribution in [0.4, 0.5) is 0 Å². The quantitative estimate of drug-likeness (QED) is 0.772. The Morgan fingerprint density at radius 1 is 1.28 bits per heavy atom. The maximum atomic E-state index is 9.25. The lowest BCUT2D eigenvalue weighted by molar-refractivity contribution is 0.207. The average Bonchev–Trinajstić information content (AvgIpc) is 3.19. The van der Waals surface area contributed by atoms with Gasteiger partial charge in [-0.2, -0.15) is 0 Å². The van der Waals surface area contributed by atoms with E-state index in [1.807, 2.05) is 18.2 Å². The van der Waals surface area contributed by atoms with E-state index in [9.17, 15) is 5.11 Å². The first-order chi connectivity index (χ1) is 8.74. The van der Waals surface area contributed by atoms with E-state index in [-0.39, 0.29) is 12.0 Å². The molecule has 1 aromatic carbocycles. The molecule has 1 aliphatic carbocycles. The van der Waals surface area contributed by atoms with Crippen LogP contribution in [0.1, 0.15) is 18.4 Å². The zero-order chi connectivity index (χ0) is 13.0. The summed E-state index contributed by atoms with van der Waals surface area (Å²) in [6, 6.07) is 5.86. The molecule has 0 bridgehead atoms. The van der Waals surface area contributed by atoms with E-state index in [0.717, 1.165) is 43.0 Å². The number of methoxy groups -OCH3 is 2. The van der Waals surface area contributed by atoms with E-state index < -0.39 is 0 Å². The highest BCUT2D eigenvalue weighted by Crippen LogP contribution is 2.44. The van der Waals surface area contributed by atoms with Crippen molar-refractivity contribution in [3.63, 3.8) is 0 Å². The van der Waals surface area contributed by atoms with Crippen LogP contribution in [0.5, 0.6) is 11.5 Å². The molecule has 1 fully saturated rings. The first kappa shape index (κ1) is 13.2. The summed E-state index contributed by atoms with van der Waals surface area (Å²) in [6.45, 7) is 1.85. The molecule has 0 aliphatic heterocycles. The second-order valence-corrected chi connectivity index (χ2v) is 4.91. The fourth-order valence-electron chi connectivity index (χ4n) is 2.12. The van der Waals surface area contributed by atoms with Gasteiger partial charge in [0, 0.05) is 30.7 Å². The number of rotatable bonds is 7. The van der Waals surface area contributed by atoms with E-state index in [1.54, 1.807) is 14.2 Å². The highest BCUT2D eigenvalue weighted by molar-refractivity contribution is 5.46. The molecule has 4 nitrogen and oxygen atoms in total. The molecule has 0 spiro atoms. The van der Waals surface area contributed by atoms with E-state index in [1.165, 1.54) is 0 Å². The number of hydrogen-bond acceptors (Lipinski definition) is 4. The Hall–Kier alpha value is -1.26. The third-order valence-corrected chi connectivity index (χ3v) is 3.59. The van der Waals surface area contributed by atoms with Crippen LogP contribution in [0.25, 0.3) is 0 Å². The van der Waals surface area contributed by atoms with Gasteiger partial charge in [0.1, 0.15) is 0 Å². The van der Waals surface area contributed by atoms with Crippen LogP contribution < -0.4 is 14.8 Å². The predicted molar refractivity (Wildman–Crippen MR) is 70.0 cm³/mol. The van der Waals surface area contributed by atoms with Gasteiger partial charge in [-0.15, -0.1) is 0 Å². The van der Waals surface area contributed by atoms with Crippen LogP contribution in [0.15, 0.2) is 18.2 Å². The molecule has 0 heterocycles. The van der Waals surface area contributed by atoms with Crippen molar-refractivity contribution in [1.29, 1.82) is 0 Å². The minimum atomic E-state index is 0.131. The van der Waals surface area contributed by atoms with Gasteiger partial charge in [0.25, 0.3) is 0 Å². The Labute approximate surface area is 108 Å². The number of nitrogens with one attached hydrogen (secondary N) is 1. The lowest BCUT2D eigenvalue weighted by Crippen LogP contribution is -2.26. The molecular weight excluding hydrogens is 230 g/mol. The van der Waals surface area contributed by atoms with E-state index in [4.69, 9.17) is 9.47 Å². The van der Waals surface area contributed by atoms with Crippen LogP contribution >= 0.6 is 0 Å². The van der Waals surface area contributed by atoms with Crippen molar-refractivity contribution in [3.8, 4) is 11.5 Å². The maximum absolute atomic E-state index is 9.25. The van der Waals surface area contributed by atoms with Gasteiger partial charge >= 0.3 is 0 Å². The molecule has 0 amide bonds. The van der Waals surface area contributed by atoms with Crippen molar-refractivity contribution < 1.29 is 14.6 Å². The number of benzene rings is 1. The fourth-order valence-corrected chi connectivity index (χ4v) is 2.12. The Morgan fingerprint density at radius 3 is 2.61 bits per heavy atom. The Balaban J connectivity index is 1.96. The van der Waals surface area contributed by atoms with Crippen molar-refractivity contribution in [2.45, 2.75) is 19.4 Å². The Morgan fingerprint density at radius 2 is 2.06 bits per heavy atom. The van der Waals surface area contributed by atoms with E-state index in [0.29, 0.717) is 0 Å². The number of para-hydroxylation sites is 1. The summed E-state index contributed by atoms with van der Waals surface area (Å²) < 4.78 is 10.6. The summed E-state index contributed by atoms with van der Waals surface area (Å²) in [5.41, 5.74) is 1.21. The molecule has 0 aromatic heterocycles. The predicted octanol–water partition coefficient (Wildman–Crippen LogP) is 1.57. The molecule has 0 unspecified atom stereocenters. The van der Waals surface area contributed by atoms with Gasteiger partial charge in [0.2, 0.25) is 0 Å². The Bertz CT molecular complexity index is 402. The van der Waals surface area contributed by atoms with E-state index >= 15 is 0 Å². The van der Waals surface area contributed by atoms with Crippen molar-refractivity contribution in [3.05, 3.63) is 23.8 Å². The largest absolute Gasteiger partial charge is 0.493 e. The summed E-state index contributed by atoms with van der Waals surface area (Å²) in [6.07, 6.45) is 2.23. The van der Waals surface area contributed by atoms with Crippen molar-refractivity contribution in [2.75, 3.05) is 27.4 Å². The highest BCUT2D eigenvalue weighted by Gasteiger charge is 2.41. The number of aliphatic hydroxyl groups excluding tert-OH is 1. The minimum absolute atomic E-state index is 0.131. The zero-order valence-electron chi connectivity index (χ0n) is 11.0. The Kier molecular flexibility index (Phi) is 4.09. The third kappa shape index (κ3) is 2.76. The van der Waals surface area contributed by atoms with Crippen molar-refractivity contribution in [2.24, 2.45) is 5.41 Å². The van der Waals surface area contributed by atoms with Gasteiger partial charge in [-0.25, -0.2) is 0 Å². The molecule has 2 rings (SSSR count). The standard InChI is InChI=1S/C14H21NO3/c1-17-12-5-3-4-11(13(12)18-2)8-15-9-14(10-16)6-7-14/h3-5,15-16H,6-10H2,1-2H3. The summed E-state index contributed by atoms with van der Waals surface area (Å²) in [7, 11) is 3.29. The second kappa shape index (κ2) is 5.59. The van der Waals surface area contributed by atoms with Gasteiger partial charge in [0.05, 0.1) is 14.2 Å². The first-order valence-corrected chi connectivity index (χ1v) is 6.26. The molecular formula is C14H21NO3. The third-order valence-electron chi connectivity index (χ3n) is 3.59. The zero-order valence-corrected chi connectivity index (χ0v) is 11.0. The van der Waals surface area contributed by atoms with Crippen molar-refractivity contribution in [1.82, 2.24) is 5.32 Å². The molecule has 0 radical (unpaired) electrons. The summed E-state index contributed by atoms with van der Waals surface area (Å²) in [5.74, 6) is 1.53. The lowest BCUT2D eigenvalue weighted by atomic mass is 10.1. The molecule has 1 saturated carbocycles. The number of ether oxygens (including phenoxy) is 2. The SMILES string of the molecule is COc1cccc(CNCC2(CO)CC2)c1OC. The molecule has 2 N–H and O–H groups in total. The normalized spacial score (nSPS) is 16.4. The van der Waals surface area contributed by atoms with Gasteiger partial charge in [-0.3, -0.25) is 0 Å². The summed E-state index contributed by atoms with van der Waals surface area (Å²) >= 11 is 0. The molecule has 1 aliphatic rings. The molecule has 0 atom stereocenters. The second-order valence-electron chi connectivity index (χ2n) is 4.91. The first-order valence-electron chi connectivity index (χ1n) is 6.26. The van der Waals surface area contributed by atoms with Crippen LogP contribution in [0.3, 0.4) is 0 Å². The molecule has 4 heteroatoms. The van der Waals surface area contributed by atoms with Crippen LogP contribution in [0, 0.1) is 5.41 Å². The van der Waals surface area contributed by atoms with Crippen LogP contribution in [-0.4, -0.2) is 32.5 Å².